The van der Waals surface area contributed by atoms with Crippen LogP contribution < -0.4 is 5.32 Å². The summed E-state index contributed by atoms with van der Waals surface area (Å²) < 4.78 is 11.3. The maximum Gasteiger partial charge on any atom is 0.407 e. The number of benzene rings is 1. The molecule has 2 N–H and O–H groups in total. The number of alkyl carbamates (subject to hydrolysis) is 1. The van der Waals surface area contributed by atoms with Crippen LogP contribution in [0.15, 0.2) is 30.3 Å². The highest BCUT2D eigenvalue weighted by molar-refractivity contribution is 5.68. The van der Waals surface area contributed by atoms with Gasteiger partial charge >= 0.3 is 6.09 Å². The third-order valence-corrected chi connectivity index (χ3v) is 4.60. The van der Waals surface area contributed by atoms with E-state index in [4.69, 9.17) is 9.47 Å². The first-order valence-electron chi connectivity index (χ1n) is 9.80. The summed E-state index contributed by atoms with van der Waals surface area (Å²) in [7, 11) is 0. The molecule has 0 bridgehead atoms. The van der Waals surface area contributed by atoms with Crippen molar-refractivity contribution < 1.29 is 19.4 Å². The molecule has 0 aromatic heterocycles. The fraction of sp³-hybridized carbons (Fsp3) is 0.667. The van der Waals surface area contributed by atoms with Gasteiger partial charge in [-0.3, -0.25) is 0 Å². The highest BCUT2D eigenvalue weighted by Gasteiger charge is 2.24. The van der Waals surface area contributed by atoms with Gasteiger partial charge in [0.25, 0.3) is 0 Å². The molecule has 1 atom stereocenters. The second kappa shape index (κ2) is 10.6. The molecular formula is C21H34N2O4. The summed E-state index contributed by atoms with van der Waals surface area (Å²) in [6, 6.07) is 9.85. The molecule has 1 amide bonds. The van der Waals surface area contributed by atoms with E-state index in [9.17, 15) is 9.90 Å². The van der Waals surface area contributed by atoms with E-state index in [0.29, 0.717) is 25.7 Å². The Bertz CT molecular complexity index is 551. The Morgan fingerprint density at radius 2 is 1.93 bits per heavy atom. The standard InChI is InChI=1S/C21H34N2O4/c1-21(2,3)27-20(25)22-19(13-23-11-9-17(14-24)10-12-23)16-26-15-18-7-5-4-6-8-18/h4-8,17,19,24H,9-16H2,1-3H3,(H,22,25)/t19-/m1/s1. The maximum absolute atomic E-state index is 12.2. The van der Waals surface area contributed by atoms with Crippen LogP contribution in [-0.4, -0.2) is 60.6 Å². The summed E-state index contributed by atoms with van der Waals surface area (Å²) in [4.78, 5) is 14.5. The van der Waals surface area contributed by atoms with Crippen molar-refractivity contribution in [3.8, 4) is 0 Å². The number of hydrogen-bond acceptors (Lipinski definition) is 5. The predicted octanol–water partition coefficient (Wildman–Crippen LogP) is 2.80. The number of carbonyl (C=O) groups excluding carboxylic acids is 1. The smallest absolute Gasteiger partial charge is 0.407 e. The molecule has 1 aromatic rings. The zero-order chi connectivity index (χ0) is 19.7. The van der Waals surface area contributed by atoms with Crippen molar-refractivity contribution in [2.45, 2.75) is 51.9 Å². The van der Waals surface area contributed by atoms with Crippen LogP contribution in [0.3, 0.4) is 0 Å². The second-order valence-electron chi connectivity index (χ2n) is 8.27. The van der Waals surface area contributed by atoms with Crippen LogP contribution in [0.1, 0.15) is 39.2 Å². The van der Waals surface area contributed by atoms with E-state index in [1.165, 1.54) is 0 Å². The lowest BCUT2D eigenvalue weighted by atomic mass is 9.97. The summed E-state index contributed by atoms with van der Waals surface area (Å²) in [6.45, 7) is 9.33. The van der Waals surface area contributed by atoms with Crippen LogP contribution in [0.4, 0.5) is 4.79 Å². The zero-order valence-corrected chi connectivity index (χ0v) is 16.8. The van der Waals surface area contributed by atoms with Gasteiger partial charge in [0.1, 0.15) is 5.60 Å². The van der Waals surface area contributed by atoms with Crippen LogP contribution in [-0.2, 0) is 16.1 Å². The number of likely N-dealkylation sites (tertiary alicyclic amines) is 1. The van der Waals surface area contributed by atoms with Crippen LogP contribution in [0.5, 0.6) is 0 Å². The summed E-state index contributed by atoms with van der Waals surface area (Å²) in [6.07, 6.45) is 1.56. The molecule has 1 heterocycles. The first-order valence-corrected chi connectivity index (χ1v) is 9.80. The molecule has 2 rings (SSSR count). The Balaban J connectivity index is 1.86. The van der Waals surface area contributed by atoms with Crippen LogP contribution in [0, 0.1) is 5.92 Å². The number of carbonyl (C=O) groups is 1. The summed E-state index contributed by atoms with van der Waals surface area (Å²) in [5.74, 6) is 0.396. The third kappa shape index (κ3) is 8.73. The number of aliphatic hydroxyl groups is 1. The topological polar surface area (TPSA) is 71.0 Å². The maximum atomic E-state index is 12.2. The number of amides is 1. The monoisotopic (exact) mass is 378 g/mol. The molecule has 0 spiro atoms. The number of piperidine rings is 1. The van der Waals surface area contributed by atoms with Gasteiger partial charge < -0.3 is 24.8 Å². The van der Waals surface area contributed by atoms with Gasteiger partial charge in [-0.1, -0.05) is 30.3 Å². The molecule has 27 heavy (non-hydrogen) atoms. The Morgan fingerprint density at radius 1 is 1.26 bits per heavy atom. The number of rotatable bonds is 8. The number of nitrogens with zero attached hydrogens (tertiary/aromatic N) is 1. The average Bonchev–Trinajstić information content (AvgIpc) is 2.61. The molecule has 6 heteroatoms. The van der Waals surface area contributed by atoms with Crippen molar-refractivity contribution in [1.29, 1.82) is 0 Å². The minimum atomic E-state index is -0.529. The Labute approximate surface area is 162 Å². The minimum Gasteiger partial charge on any atom is -0.444 e. The van der Waals surface area contributed by atoms with E-state index in [1.54, 1.807) is 0 Å². The lowest BCUT2D eigenvalue weighted by Crippen LogP contribution is -2.49. The van der Waals surface area contributed by atoms with Crippen molar-refractivity contribution in [3.63, 3.8) is 0 Å². The van der Waals surface area contributed by atoms with E-state index in [0.717, 1.165) is 31.5 Å². The quantitative estimate of drug-likeness (QED) is 0.728. The number of aliphatic hydroxyl groups excluding tert-OH is 1. The molecular weight excluding hydrogens is 344 g/mol. The molecule has 1 aliphatic heterocycles. The predicted molar refractivity (Wildman–Crippen MR) is 106 cm³/mol. The number of hydrogen-bond donors (Lipinski definition) is 2. The average molecular weight is 379 g/mol. The lowest BCUT2D eigenvalue weighted by Gasteiger charge is -2.34. The normalized spacial score (nSPS) is 17.5. The molecule has 0 unspecified atom stereocenters. The van der Waals surface area contributed by atoms with Crippen molar-refractivity contribution in [2.75, 3.05) is 32.8 Å². The Morgan fingerprint density at radius 3 is 2.52 bits per heavy atom. The fourth-order valence-corrected chi connectivity index (χ4v) is 3.17. The van der Waals surface area contributed by atoms with Gasteiger partial charge in [0.05, 0.1) is 19.3 Å². The molecule has 1 fully saturated rings. The zero-order valence-electron chi connectivity index (χ0n) is 16.8. The highest BCUT2D eigenvalue weighted by atomic mass is 16.6. The Hall–Kier alpha value is -1.63. The lowest BCUT2D eigenvalue weighted by molar-refractivity contribution is 0.0366. The number of nitrogens with one attached hydrogen (secondary N) is 1. The van der Waals surface area contributed by atoms with Gasteiger partial charge in [0, 0.05) is 13.2 Å². The molecule has 0 saturated carbocycles. The van der Waals surface area contributed by atoms with Gasteiger partial charge in [0.15, 0.2) is 0 Å². The van der Waals surface area contributed by atoms with Gasteiger partial charge in [-0.25, -0.2) is 4.79 Å². The SMILES string of the molecule is CC(C)(C)OC(=O)N[C@@H](COCc1ccccc1)CN1CCC(CO)CC1. The molecule has 1 saturated heterocycles. The van der Waals surface area contributed by atoms with Crippen LogP contribution >= 0.6 is 0 Å². The van der Waals surface area contributed by atoms with Crippen LogP contribution in [0.2, 0.25) is 0 Å². The first kappa shape index (κ1) is 21.7. The van der Waals surface area contributed by atoms with Crippen LogP contribution in [0.25, 0.3) is 0 Å². The van der Waals surface area contributed by atoms with Gasteiger partial charge in [0.2, 0.25) is 0 Å². The van der Waals surface area contributed by atoms with Gasteiger partial charge in [-0.2, -0.15) is 0 Å². The summed E-state index contributed by atoms with van der Waals surface area (Å²) >= 11 is 0. The third-order valence-electron chi connectivity index (χ3n) is 4.60. The molecule has 6 nitrogen and oxygen atoms in total. The molecule has 1 aliphatic rings. The van der Waals surface area contributed by atoms with E-state index in [-0.39, 0.29) is 12.6 Å². The first-order chi connectivity index (χ1) is 12.9. The summed E-state index contributed by atoms with van der Waals surface area (Å²) in [5.41, 5.74) is 0.580. The summed E-state index contributed by atoms with van der Waals surface area (Å²) in [5, 5.41) is 12.3. The minimum absolute atomic E-state index is 0.144. The van der Waals surface area contributed by atoms with Crippen molar-refractivity contribution in [2.24, 2.45) is 5.92 Å². The van der Waals surface area contributed by atoms with Crippen molar-refractivity contribution in [1.82, 2.24) is 10.2 Å². The number of ether oxygens (including phenoxy) is 2. The molecule has 0 aliphatic carbocycles. The Kier molecular flexibility index (Phi) is 8.54. The van der Waals surface area contributed by atoms with Gasteiger partial charge in [-0.15, -0.1) is 0 Å². The van der Waals surface area contributed by atoms with E-state index < -0.39 is 11.7 Å². The van der Waals surface area contributed by atoms with E-state index in [1.807, 2.05) is 51.1 Å². The molecule has 152 valence electrons. The van der Waals surface area contributed by atoms with Crippen molar-refractivity contribution >= 4 is 6.09 Å². The van der Waals surface area contributed by atoms with E-state index >= 15 is 0 Å². The van der Waals surface area contributed by atoms with E-state index in [2.05, 4.69) is 10.2 Å². The van der Waals surface area contributed by atoms with Crippen molar-refractivity contribution in [3.05, 3.63) is 35.9 Å². The molecule has 1 aromatic carbocycles. The van der Waals surface area contributed by atoms with Gasteiger partial charge in [-0.05, 0) is 58.2 Å². The largest absolute Gasteiger partial charge is 0.444 e. The highest BCUT2D eigenvalue weighted by Crippen LogP contribution is 2.16. The molecule has 0 radical (unpaired) electrons. The fourth-order valence-electron chi connectivity index (χ4n) is 3.17. The second-order valence-corrected chi connectivity index (χ2v) is 8.27.